The van der Waals surface area contributed by atoms with Crippen LogP contribution in [-0.2, 0) is 0 Å². The zero-order chi connectivity index (χ0) is 16.5. The highest BCUT2D eigenvalue weighted by Gasteiger charge is 2.64. The Bertz CT molecular complexity index is 536. The fourth-order valence-corrected chi connectivity index (χ4v) is 7.49. The van der Waals surface area contributed by atoms with Crippen molar-refractivity contribution >= 4 is 0 Å². The normalized spacial score (nSPS) is 58.7. The molecule has 1 unspecified atom stereocenters. The van der Waals surface area contributed by atoms with Crippen molar-refractivity contribution < 1.29 is 10.2 Å². The van der Waals surface area contributed by atoms with Crippen molar-refractivity contribution in [2.75, 3.05) is 0 Å². The first kappa shape index (κ1) is 16.0. The van der Waals surface area contributed by atoms with E-state index in [2.05, 4.69) is 19.8 Å². The maximum absolute atomic E-state index is 11.0. The van der Waals surface area contributed by atoms with Crippen molar-refractivity contribution in [3.8, 4) is 12.3 Å². The van der Waals surface area contributed by atoms with Crippen LogP contribution in [0, 0.1) is 46.8 Å². The van der Waals surface area contributed by atoms with E-state index in [1.807, 2.05) is 0 Å². The second-order valence-corrected chi connectivity index (χ2v) is 9.58. The van der Waals surface area contributed by atoms with E-state index in [-0.39, 0.29) is 11.5 Å². The Morgan fingerprint density at radius 2 is 1.70 bits per heavy atom. The van der Waals surface area contributed by atoms with E-state index in [1.54, 1.807) is 0 Å². The molecule has 0 heterocycles. The zero-order valence-electron chi connectivity index (χ0n) is 14.7. The first-order valence-electron chi connectivity index (χ1n) is 9.72. The molecule has 0 aromatic rings. The summed E-state index contributed by atoms with van der Waals surface area (Å²) in [6.45, 7) is 4.77. The molecule has 0 spiro atoms. The minimum absolute atomic E-state index is 0.0727. The van der Waals surface area contributed by atoms with Gasteiger partial charge in [-0.05, 0) is 86.9 Å². The molecular formula is C21H32O2. The van der Waals surface area contributed by atoms with Gasteiger partial charge in [-0.2, -0.15) is 0 Å². The summed E-state index contributed by atoms with van der Waals surface area (Å²) in [4.78, 5) is 0. The molecule has 2 N–H and O–H groups in total. The minimum Gasteiger partial charge on any atom is -0.393 e. The molecule has 4 fully saturated rings. The number of aliphatic hydroxyl groups is 2. The van der Waals surface area contributed by atoms with Gasteiger partial charge in [0, 0.05) is 5.41 Å². The molecule has 4 aliphatic carbocycles. The lowest BCUT2D eigenvalue weighted by Gasteiger charge is -2.61. The van der Waals surface area contributed by atoms with Crippen LogP contribution in [0.25, 0.3) is 0 Å². The van der Waals surface area contributed by atoms with Crippen LogP contribution in [0.3, 0.4) is 0 Å². The summed E-state index contributed by atoms with van der Waals surface area (Å²) in [7, 11) is 0. The van der Waals surface area contributed by atoms with Crippen molar-refractivity contribution in [2.45, 2.75) is 83.3 Å². The summed E-state index contributed by atoms with van der Waals surface area (Å²) in [5, 5.41) is 21.1. The van der Waals surface area contributed by atoms with Crippen LogP contribution in [0.5, 0.6) is 0 Å². The summed E-state index contributed by atoms with van der Waals surface area (Å²) < 4.78 is 0. The molecule has 4 aliphatic rings. The molecule has 0 amide bonds. The average molecular weight is 316 g/mol. The molecule has 2 heteroatoms. The Morgan fingerprint density at radius 3 is 2.43 bits per heavy atom. The maximum Gasteiger partial charge on any atom is 0.130 e. The number of hydrogen-bond acceptors (Lipinski definition) is 2. The fourth-order valence-electron chi connectivity index (χ4n) is 7.49. The van der Waals surface area contributed by atoms with Gasteiger partial charge in [0.25, 0.3) is 0 Å². The number of rotatable bonds is 0. The molecule has 4 rings (SSSR count). The van der Waals surface area contributed by atoms with Crippen LogP contribution < -0.4 is 0 Å². The summed E-state index contributed by atoms with van der Waals surface area (Å²) in [6, 6.07) is 0. The highest BCUT2D eigenvalue weighted by molar-refractivity contribution is 5.23. The predicted octanol–water partition coefficient (Wildman–Crippen LogP) is 3.75. The number of terminal acetylenes is 1. The number of fused-ring (bicyclic) bond motifs is 5. The largest absolute Gasteiger partial charge is 0.393 e. The van der Waals surface area contributed by atoms with E-state index in [1.165, 1.54) is 25.7 Å². The second kappa shape index (κ2) is 4.99. The van der Waals surface area contributed by atoms with E-state index >= 15 is 0 Å². The lowest BCUT2D eigenvalue weighted by atomic mass is 9.44. The van der Waals surface area contributed by atoms with Gasteiger partial charge in [0.1, 0.15) is 5.60 Å². The van der Waals surface area contributed by atoms with Crippen molar-refractivity contribution in [2.24, 2.45) is 34.5 Å². The Labute approximate surface area is 141 Å². The molecule has 0 aromatic heterocycles. The quantitative estimate of drug-likeness (QED) is 0.668. The Kier molecular flexibility index (Phi) is 3.47. The molecule has 128 valence electrons. The molecule has 0 bridgehead atoms. The van der Waals surface area contributed by atoms with E-state index in [0.29, 0.717) is 17.3 Å². The molecule has 8 atom stereocenters. The van der Waals surface area contributed by atoms with Crippen molar-refractivity contribution in [1.29, 1.82) is 0 Å². The molecule has 4 saturated carbocycles. The van der Waals surface area contributed by atoms with Gasteiger partial charge in [-0.15, -0.1) is 6.42 Å². The van der Waals surface area contributed by atoms with Crippen LogP contribution >= 0.6 is 0 Å². The predicted molar refractivity (Wildman–Crippen MR) is 91.5 cm³/mol. The lowest BCUT2D eigenvalue weighted by molar-refractivity contribution is -0.144. The first-order valence-corrected chi connectivity index (χ1v) is 9.72. The van der Waals surface area contributed by atoms with Crippen LogP contribution in [0.1, 0.15) is 71.6 Å². The lowest BCUT2D eigenvalue weighted by Crippen LogP contribution is -2.56. The maximum atomic E-state index is 11.0. The molecule has 0 aliphatic heterocycles. The molecule has 2 nitrogen and oxygen atoms in total. The van der Waals surface area contributed by atoms with Gasteiger partial charge in [-0.1, -0.05) is 19.8 Å². The second-order valence-electron chi connectivity index (χ2n) is 9.58. The number of hydrogen-bond donors (Lipinski definition) is 2. The Morgan fingerprint density at radius 1 is 0.957 bits per heavy atom. The summed E-state index contributed by atoms with van der Waals surface area (Å²) in [5.41, 5.74) is -0.566. The topological polar surface area (TPSA) is 40.5 Å². The Hall–Kier alpha value is -0.520. The van der Waals surface area contributed by atoms with Crippen molar-refractivity contribution in [3.05, 3.63) is 0 Å². The molecule has 0 aromatic carbocycles. The third kappa shape index (κ3) is 1.96. The van der Waals surface area contributed by atoms with Gasteiger partial charge in [0.2, 0.25) is 0 Å². The van der Waals surface area contributed by atoms with Crippen LogP contribution in [0.2, 0.25) is 0 Å². The van der Waals surface area contributed by atoms with E-state index in [9.17, 15) is 10.2 Å². The van der Waals surface area contributed by atoms with Crippen molar-refractivity contribution in [1.82, 2.24) is 0 Å². The minimum atomic E-state index is -0.886. The highest BCUT2D eigenvalue weighted by Crippen LogP contribution is 2.68. The average Bonchev–Trinajstić information content (AvgIpc) is 2.80. The standard InChI is InChI=1S/C21H32O2/c1-4-21(23)12-9-18-16-6-5-14-13-15(22)7-10-19(14,2)17(16)8-11-20(18,21)3/h1,14-18,22-23H,5-13H2,2-3H3/t14-,15?,16+,17-,18-,19-,20-,21-/m0/s1. The van der Waals surface area contributed by atoms with Gasteiger partial charge in [-0.25, -0.2) is 0 Å². The van der Waals surface area contributed by atoms with Crippen molar-refractivity contribution in [3.63, 3.8) is 0 Å². The van der Waals surface area contributed by atoms with Crippen LogP contribution in [-0.4, -0.2) is 21.9 Å². The summed E-state index contributed by atoms with van der Waals surface area (Å²) >= 11 is 0. The van der Waals surface area contributed by atoms with Gasteiger partial charge in [-0.3, -0.25) is 0 Å². The SMILES string of the molecule is C#C[C@]1(O)CC[C@H]2[C@@H]3CC[C@H]4CC(O)CC[C@]4(C)[C@H]3CC[C@@]21C. The molecular weight excluding hydrogens is 284 g/mol. The number of aliphatic hydroxyl groups excluding tert-OH is 1. The zero-order valence-corrected chi connectivity index (χ0v) is 14.7. The molecule has 23 heavy (non-hydrogen) atoms. The van der Waals surface area contributed by atoms with E-state index in [0.717, 1.165) is 43.9 Å². The monoisotopic (exact) mass is 316 g/mol. The van der Waals surface area contributed by atoms with Crippen LogP contribution in [0.15, 0.2) is 0 Å². The van der Waals surface area contributed by atoms with Gasteiger partial charge < -0.3 is 10.2 Å². The molecule has 0 saturated heterocycles. The van der Waals surface area contributed by atoms with Gasteiger partial charge in [0.05, 0.1) is 6.10 Å². The molecule has 0 radical (unpaired) electrons. The third-order valence-electron chi connectivity index (χ3n) is 9.03. The third-order valence-corrected chi connectivity index (χ3v) is 9.03. The van der Waals surface area contributed by atoms with Gasteiger partial charge >= 0.3 is 0 Å². The highest BCUT2D eigenvalue weighted by atomic mass is 16.3. The van der Waals surface area contributed by atoms with Gasteiger partial charge in [0.15, 0.2) is 0 Å². The summed E-state index contributed by atoms with van der Waals surface area (Å²) in [5.74, 6) is 5.56. The fraction of sp³-hybridized carbons (Fsp3) is 0.905. The van der Waals surface area contributed by atoms with Crippen LogP contribution in [0.4, 0.5) is 0 Å². The van der Waals surface area contributed by atoms with E-state index in [4.69, 9.17) is 6.42 Å². The smallest absolute Gasteiger partial charge is 0.130 e. The first-order chi connectivity index (χ1) is 10.8. The van der Waals surface area contributed by atoms with E-state index < -0.39 is 5.60 Å². The Balaban J connectivity index is 1.65. The summed E-state index contributed by atoms with van der Waals surface area (Å²) in [6.07, 6.45) is 15.6.